The summed E-state index contributed by atoms with van der Waals surface area (Å²) >= 11 is 0. The van der Waals surface area contributed by atoms with Crippen LogP contribution in [0.5, 0.6) is 11.5 Å². The Morgan fingerprint density at radius 2 is 1.15 bits per heavy atom. The summed E-state index contributed by atoms with van der Waals surface area (Å²) in [6.07, 6.45) is 10.6. The number of morpholine rings is 2. The van der Waals surface area contributed by atoms with E-state index in [2.05, 4.69) is 72.7 Å². The van der Waals surface area contributed by atoms with Crippen LogP contribution in [-0.4, -0.2) is 175 Å². The fraction of sp³-hybridized carbons (Fsp3) is 0.344. The number of unbranched alkanes of at least 4 members (excludes halogenated alkanes) is 1. The predicted octanol–water partition coefficient (Wildman–Crippen LogP) is -0.262. The molecule has 2 aliphatic heterocycles. The Labute approximate surface area is 567 Å². The third-order valence-corrected chi connectivity index (χ3v) is 17.5. The van der Waals surface area contributed by atoms with Crippen molar-refractivity contribution in [3.05, 3.63) is 152 Å². The first kappa shape index (κ1) is 73.6. The summed E-state index contributed by atoms with van der Waals surface area (Å²) in [5.74, 6) is -3.97. The quantitative estimate of drug-likeness (QED) is 0.00458. The number of amides is 6. The highest BCUT2D eigenvalue weighted by atomic mass is 32.2. The monoisotopic (exact) mass is 1390 g/mol. The van der Waals surface area contributed by atoms with Crippen molar-refractivity contribution < 1.29 is 88.3 Å². The number of hydrazine groups is 2. The normalized spacial score (nSPS) is 13.4. The summed E-state index contributed by atoms with van der Waals surface area (Å²) in [6, 6.07) is 27.3. The number of anilines is 5. The smallest absolute Gasteiger partial charge is 0.370 e. The number of hydroxylamine groups is 1. The van der Waals surface area contributed by atoms with E-state index < -0.39 is 49.6 Å². The first-order chi connectivity index (χ1) is 47.4. The minimum Gasteiger partial charge on any atom is -0.494 e. The predicted molar refractivity (Wildman–Crippen MR) is 358 cm³/mol. The summed E-state index contributed by atoms with van der Waals surface area (Å²) in [6.45, 7) is 10.5. The Balaban J connectivity index is 0.682. The Morgan fingerprint density at radius 1 is 0.592 bits per heavy atom. The van der Waals surface area contributed by atoms with Crippen LogP contribution < -0.4 is 81.5 Å². The third kappa shape index (κ3) is 24.2. The van der Waals surface area contributed by atoms with E-state index in [1.165, 1.54) is 98.5 Å². The van der Waals surface area contributed by atoms with E-state index in [1.54, 1.807) is 65.8 Å². The molecule has 32 nitrogen and oxygen atoms in total. The summed E-state index contributed by atoms with van der Waals surface area (Å²) in [7, 11) is -5.56. The number of hydrogen-bond donors (Lipinski definition) is 12. The molecule has 12 N–H and O–H groups in total. The Bertz CT molecular complexity index is 3950. The summed E-state index contributed by atoms with van der Waals surface area (Å²) in [4.78, 5) is 88.5. The Morgan fingerprint density at radius 3 is 1.76 bits per heavy atom. The van der Waals surface area contributed by atoms with Crippen LogP contribution in [-0.2, 0) is 76.4 Å². The van der Waals surface area contributed by atoms with E-state index in [-0.39, 0.29) is 69.0 Å². The number of carbonyl (C=O) groups excluding carboxylic acids is 6. The summed E-state index contributed by atoms with van der Waals surface area (Å²) in [5, 5.41) is 10.8. The molecule has 6 aromatic rings. The van der Waals surface area contributed by atoms with Crippen molar-refractivity contribution >= 4 is 96.0 Å². The number of methoxy groups -OCH3 is 2. The van der Waals surface area contributed by atoms with Crippen molar-refractivity contribution in [2.45, 2.75) is 48.8 Å². The highest BCUT2D eigenvalue weighted by Crippen LogP contribution is 2.31. The van der Waals surface area contributed by atoms with Crippen LogP contribution in [0.15, 0.2) is 144 Å². The minimum absolute atomic E-state index is 0.0183. The van der Waals surface area contributed by atoms with Gasteiger partial charge in [-0.3, -0.25) is 69.8 Å². The number of benzene rings is 4. The molecule has 0 aliphatic carbocycles. The van der Waals surface area contributed by atoms with E-state index >= 15 is 0 Å². The lowest BCUT2D eigenvalue weighted by Gasteiger charge is -2.26. The molecule has 2 saturated heterocycles. The average Bonchev–Trinajstić information content (AvgIpc) is 0.825. The summed E-state index contributed by atoms with van der Waals surface area (Å²) < 4.78 is 89.3. The average molecular weight is 1400 g/mol. The number of ether oxygens (including phenoxy) is 5. The topological polar surface area (TPSA) is 387 Å². The zero-order chi connectivity index (χ0) is 69.5. The number of hydrogen-bond acceptors (Lipinski definition) is 21. The molecule has 4 aromatic carbocycles. The van der Waals surface area contributed by atoms with Gasteiger partial charge in [-0.25, -0.2) is 27.1 Å². The van der Waals surface area contributed by atoms with Gasteiger partial charge in [0.25, 0.3) is 45.1 Å². The lowest BCUT2D eigenvalue weighted by Crippen LogP contribution is -2.62. The van der Waals surface area contributed by atoms with Crippen LogP contribution >= 0.6 is 0 Å². The molecule has 6 amide bonds. The minimum atomic E-state index is -4.18. The molecule has 0 radical (unpaired) electrons. The van der Waals surface area contributed by atoms with Crippen LogP contribution in [0.1, 0.15) is 41.6 Å². The van der Waals surface area contributed by atoms with Gasteiger partial charge in [0.05, 0.1) is 79.3 Å². The van der Waals surface area contributed by atoms with E-state index in [1.807, 2.05) is 6.07 Å². The van der Waals surface area contributed by atoms with Crippen molar-refractivity contribution in [2.75, 3.05) is 132 Å². The molecule has 98 heavy (non-hydrogen) atoms. The first-order valence-corrected chi connectivity index (χ1v) is 34.3. The molecular formula is C64H82N16O16S2+4. The number of sulfonamides is 2. The molecule has 0 bridgehead atoms. The third-order valence-electron chi connectivity index (χ3n) is 14.7. The number of carbonyl (C=O) groups is 6. The van der Waals surface area contributed by atoms with Crippen LogP contribution in [0.2, 0.25) is 0 Å². The van der Waals surface area contributed by atoms with Gasteiger partial charge >= 0.3 is 42.5 Å². The van der Waals surface area contributed by atoms with Crippen molar-refractivity contribution in [1.82, 2.24) is 42.1 Å². The van der Waals surface area contributed by atoms with E-state index in [0.29, 0.717) is 89.5 Å². The first-order valence-electron chi connectivity index (χ1n) is 31.3. The van der Waals surface area contributed by atoms with Crippen molar-refractivity contribution in [1.29, 1.82) is 0 Å². The second-order valence-corrected chi connectivity index (χ2v) is 25.3. The molecule has 8 rings (SSSR count). The molecule has 0 atom stereocenters. The Hall–Kier alpha value is -10.2. The van der Waals surface area contributed by atoms with Gasteiger partial charge in [0.15, 0.2) is 12.4 Å². The van der Waals surface area contributed by atoms with Crippen molar-refractivity contribution in [3.63, 3.8) is 0 Å². The lowest BCUT2D eigenvalue weighted by atomic mass is 10.2. The fourth-order valence-corrected chi connectivity index (χ4v) is 11.8. The van der Waals surface area contributed by atoms with Gasteiger partial charge < -0.3 is 45.0 Å². The molecule has 34 heteroatoms. The molecule has 0 unspecified atom stereocenters. The van der Waals surface area contributed by atoms with Gasteiger partial charge in [0.2, 0.25) is 5.69 Å². The van der Waals surface area contributed by atoms with Gasteiger partial charge in [-0.15, -0.1) is 0 Å². The maximum Gasteiger partial charge on any atom is 0.370 e. The SMILES string of the molecule is COc1cc(NS(=O)(=O)c2cccc(NC(=O)[CH+][n+]3cccc(CONCCCCNC(=O)c4ccc[n+](COC=[NH+]c5cccc(S(=O)(=O)Nc6ccc(NNC(=O)C(=O)NCCCN7CCOCC7)c(OC)c6)c5)c4)c3)c2)ccc1NNC(=O)C(=O)NCCCN1CCOCC1. The maximum absolute atomic E-state index is 13.5. The molecule has 2 aliphatic rings. The largest absolute Gasteiger partial charge is 0.494 e. The van der Waals surface area contributed by atoms with Gasteiger partial charge in [0, 0.05) is 88.4 Å². The van der Waals surface area contributed by atoms with Gasteiger partial charge in [0.1, 0.15) is 29.2 Å². The second-order valence-electron chi connectivity index (χ2n) is 22.0. The van der Waals surface area contributed by atoms with Crippen LogP contribution in [0, 0.1) is 6.54 Å². The van der Waals surface area contributed by atoms with Crippen LogP contribution in [0.4, 0.5) is 34.1 Å². The maximum atomic E-state index is 13.5. The number of nitrogens with one attached hydrogen (secondary N) is 12. The molecule has 2 fully saturated rings. The Kier molecular flexibility index (Phi) is 28.5. The number of aromatic nitrogens is 2. The standard InChI is InChI=1S/C64H78N16O16S2/c1-91-57-39-51(17-19-55(57)71-73-63(85)61(83)66-22-9-27-77-29-33-93-34-30-77)75-97(87,88)53-15-5-13-49(37-53)68-45-95-46-80-26-8-12-48(42-80)60(82)65-21-3-4-24-69-96-44-47-11-7-25-79(41-47)43-59(81)70-50-14-6-16-54(38-50)98(89,90)76-52-18-20-56(58(40-52)92-2)72-74-64(86)62(84)67-23-10-28-78-31-35-94-36-32-78/h5-8,11-20,25-26,37-43,45,69H,3-4,9-10,21-24,27-36,44,46H2,1-2H3,(H7-3,65,66,67,70,71,72,73,74,75,76,81,82,83,84,85,86)/p+4. The number of rotatable bonds is 36. The summed E-state index contributed by atoms with van der Waals surface area (Å²) in [5.41, 5.74) is 15.4. The molecule has 0 saturated carbocycles. The van der Waals surface area contributed by atoms with Crippen molar-refractivity contribution in [3.8, 4) is 11.5 Å². The molecule has 4 heterocycles. The molecular weight excluding hydrogens is 1310 g/mol. The van der Waals surface area contributed by atoms with Gasteiger partial charge in [-0.2, -0.15) is 9.56 Å². The molecule has 2 aromatic heterocycles. The highest BCUT2D eigenvalue weighted by molar-refractivity contribution is 7.93. The van der Waals surface area contributed by atoms with E-state index in [0.717, 1.165) is 44.8 Å². The fourth-order valence-electron chi connectivity index (χ4n) is 9.64. The van der Waals surface area contributed by atoms with Gasteiger partial charge in [-0.05, 0) is 104 Å². The zero-order valence-corrected chi connectivity index (χ0v) is 55.8. The van der Waals surface area contributed by atoms with Crippen LogP contribution in [0.25, 0.3) is 0 Å². The van der Waals surface area contributed by atoms with Crippen LogP contribution in [0.3, 0.4) is 0 Å². The van der Waals surface area contributed by atoms with E-state index in [9.17, 15) is 45.6 Å². The zero-order valence-electron chi connectivity index (χ0n) is 54.1. The highest BCUT2D eigenvalue weighted by Gasteiger charge is 2.24. The van der Waals surface area contributed by atoms with Crippen molar-refractivity contribution in [2.24, 2.45) is 0 Å². The second kappa shape index (κ2) is 37.9. The molecule has 0 spiro atoms. The number of nitrogens with zero attached hydrogens (tertiary/aromatic N) is 4. The van der Waals surface area contributed by atoms with E-state index in [4.69, 9.17) is 28.5 Å². The number of pyridine rings is 2. The molecule has 522 valence electrons. The van der Waals surface area contributed by atoms with Gasteiger partial charge in [-0.1, -0.05) is 12.1 Å². The lowest BCUT2D eigenvalue weighted by molar-refractivity contribution is -0.727.